The molecule has 0 unspecified atom stereocenters. The molecule has 2 aliphatic carbocycles. The van der Waals surface area contributed by atoms with Gasteiger partial charge in [0, 0.05) is 39.8 Å². The Hall–Kier alpha value is -3.47. The molecule has 2 aromatic carbocycles. The van der Waals surface area contributed by atoms with Gasteiger partial charge in [0.1, 0.15) is 6.54 Å². The summed E-state index contributed by atoms with van der Waals surface area (Å²) in [6.45, 7) is 0.211. The van der Waals surface area contributed by atoms with Crippen LogP contribution in [0.2, 0.25) is 0 Å². The van der Waals surface area contributed by atoms with Crippen LogP contribution in [0, 0.1) is 0 Å². The van der Waals surface area contributed by atoms with Crippen molar-refractivity contribution in [2.24, 2.45) is 0 Å². The monoisotopic (exact) mass is 398 g/mol. The lowest BCUT2D eigenvalue weighted by Crippen LogP contribution is -2.35. The maximum Gasteiger partial charge on any atom is 0.240 e. The van der Waals surface area contributed by atoms with Crippen molar-refractivity contribution < 1.29 is 14.4 Å². The van der Waals surface area contributed by atoms with E-state index in [1.54, 1.807) is 30.3 Å². The van der Waals surface area contributed by atoms with Gasteiger partial charge in [-0.3, -0.25) is 14.4 Å². The van der Waals surface area contributed by atoms with E-state index in [0.717, 1.165) is 29.3 Å². The van der Waals surface area contributed by atoms with Crippen LogP contribution < -0.4 is 5.32 Å². The Morgan fingerprint density at radius 3 is 2.30 bits per heavy atom. The molecule has 3 aromatic rings. The van der Waals surface area contributed by atoms with E-state index >= 15 is 0 Å². The summed E-state index contributed by atoms with van der Waals surface area (Å²) in [5.74, 6) is -0.500. The van der Waals surface area contributed by atoms with Gasteiger partial charge in [-0.15, -0.1) is 0 Å². The van der Waals surface area contributed by atoms with Crippen LogP contribution >= 0.6 is 0 Å². The van der Waals surface area contributed by atoms with Crippen LogP contribution in [-0.2, 0) is 11.3 Å². The summed E-state index contributed by atoms with van der Waals surface area (Å²) in [5, 5.41) is 4.03. The summed E-state index contributed by atoms with van der Waals surface area (Å²) >= 11 is 0. The highest BCUT2D eigenvalue weighted by Gasteiger charge is 2.32. The molecule has 150 valence electrons. The molecule has 0 bridgehead atoms. The Bertz CT molecular complexity index is 1180. The number of allylic oxidation sites excluding steroid dienone is 1. The molecule has 5 nitrogen and oxygen atoms in total. The molecule has 1 aromatic heterocycles. The minimum absolute atomic E-state index is 0.0118. The van der Waals surface area contributed by atoms with E-state index in [2.05, 4.69) is 5.32 Å². The van der Waals surface area contributed by atoms with Gasteiger partial charge in [0.15, 0.2) is 11.6 Å². The third-order valence-electron chi connectivity index (χ3n) is 6.06. The van der Waals surface area contributed by atoms with Gasteiger partial charge in [-0.05, 0) is 25.0 Å². The number of aromatic nitrogens is 1. The van der Waals surface area contributed by atoms with E-state index in [1.807, 2.05) is 35.0 Å². The average molecular weight is 398 g/mol. The predicted molar refractivity (Wildman–Crippen MR) is 115 cm³/mol. The number of nitrogens with one attached hydrogen (secondary N) is 1. The molecule has 1 amide bonds. The first kappa shape index (κ1) is 18.6. The largest absolute Gasteiger partial charge is 0.352 e. The number of carbonyl (C=O) groups is 3. The minimum atomic E-state index is -0.244. The third-order valence-corrected chi connectivity index (χ3v) is 6.06. The van der Waals surface area contributed by atoms with Crippen molar-refractivity contribution in [1.82, 2.24) is 9.88 Å². The van der Waals surface area contributed by atoms with Crippen molar-refractivity contribution in [3.05, 3.63) is 77.0 Å². The number of rotatable bonds is 4. The van der Waals surface area contributed by atoms with Gasteiger partial charge in [0.05, 0.1) is 5.57 Å². The smallest absolute Gasteiger partial charge is 0.240 e. The first-order chi connectivity index (χ1) is 14.6. The number of amides is 1. The molecular formula is C25H22N2O3. The van der Waals surface area contributed by atoms with Crippen LogP contribution in [0.4, 0.5) is 0 Å². The first-order valence-electron chi connectivity index (χ1n) is 10.4. The molecule has 0 spiro atoms. The van der Waals surface area contributed by atoms with Crippen LogP contribution in [0.5, 0.6) is 0 Å². The van der Waals surface area contributed by atoms with Crippen LogP contribution in [0.3, 0.4) is 0 Å². The quantitative estimate of drug-likeness (QED) is 0.530. The Morgan fingerprint density at radius 2 is 1.60 bits per heavy atom. The highest BCUT2D eigenvalue weighted by Crippen LogP contribution is 2.30. The number of fused-ring (bicyclic) bond motifs is 2. The van der Waals surface area contributed by atoms with Crippen molar-refractivity contribution in [3.8, 4) is 0 Å². The SMILES string of the molecule is O=C(Cn1cc(C=C2C(=O)c3ccccc3C2=O)c2ccccc21)NC1CCCC1. The lowest BCUT2D eigenvalue weighted by atomic mass is 10.1. The van der Waals surface area contributed by atoms with Gasteiger partial charge in [-0.1, -0.05) is 55.3 Å². The van der Waals surface area contributed by atoms with Crippen LogP contribution in [0.25, 0.3) is 17.0 Å². The van der Waals surface area contributed by atoms with E-state index in [-0.39, 0.29) is 35.6 Å². The molecule has 30 heavy (non-hydrogen) atoms. The van der Waals surface area contributed by atoms with Crippen LogP contribution in [-0.4, -0.2) is 28.1 Å². The lowest BCUT2D eigenvalue weighted by molar-refractivity contribution is -0.122. The maximum absolute atomic E-state index is 12.8. The molecule has 5 rings (SSSR count). The zero-order valence-corrected chi connectivity index (χ0v) is 16.6. The van der Waals surface area contributed by atoms with Crippen molar-refractivity contribution in [2.45, 2.75) is 38.3 Å². The number of benzene rings is 2. The fraction of sp³-hybridized carbons (Fsp3) is 0.240. The molecular weight excluding hydrogens is 376 g/mol. The number of hydrogen-bond donors (Lipinski definition) is 1. The van der Waals surface area contributed by atoms with E-state index in [0.29, 0.717) is 11.1 Å². The summed E-state index contributed by atoms with van der Waals surface area (Å²) in [4.78, 5) is 38.1. The van der Waals surface area contributed by atoms with Gasteiger partial charge < -0.3 is 9.88 Å². The lowest BCUT2D eigenvalue weighted by Gasteiger charge is -2.12. The normalized spacial score (nSPS) is 16.3. The van der Waals surface area contributed by atoms with E-state index in [9.17, 15) is 14.4 Å². The molecule has 5 heteroatoms. The van der Waals surface area contributed by atoms with Gasteiger partial charge in [0.2, 0.25) is 5.91 Å². The van der Waals surface area contributed by atoms with Crippen molar-refractivity contribution in [1.29, 1.82) is 0 Å². The van der Waals surface area contributed by atoms with Gasteiger partial charge in [-0.2, -0.15) is 0 Å². The maximum atomic E-state index is 12.8. The molecule has 1 N–H and O–H groups in total. The molecule has 2 aliphatic rings. The Morgan fingerprint density at radius 1 is 0.967 bits per heavy atom. The number of hydrogen-bond acceptors (Lipinski definition) is 3. The fourth-order valence-electron chi connectivity index (χ4n) is 4.58. The van der Waals surface area contributed by atoms with E-state index in [4.69, 9.17) is 0 Å². The Labute approximate surface area is 174 Å². The second-order valence-corrected chi connectivity index (χ2v) is 8.04. The first-order valence-corrected chi connectivity index (χ1v) is 10.4. The molecule has 0 atom stereocenters. The van der Waals surface area contributed by atoms with Crippen molar-refractivity contribution in [3.63, 3.8) is 0 Å². The number of ketones is 2. The van der Waals surface area contributed by atoms with Gasteiger partial charge in [0.25, 0.3) is 0 Å². The Kier molecular flexibility index (Phi) is 4.58. The van der Waals surface area contributed by atoms with Crippen molar-refractivity contribution in [2.75, 3.05) is 0 Å². The minimum Gasteiger partial charge on any atom is -0.352 e. The summed E-state index contributed by atoms with van der Waals surface area (Å²) in [6, 6.07) is 14.9. The number of nitrogens with zero attached hydrogens (tertiary/aromatic N) is 1. The summed E-state index contributed by atoms with van der Waals surface area (Å²) in [5.41, 5.74) is 2.75. The van der Waals surface area contributed by atoms with Crippen molar-refractivity contribution >= 4 is 34.5 Å². The summed E-state index contributed by atoms with van der Waals surface area (Å²) in [6.07, 6.45) is 7.94. The number of carbonyl (C=O) groups excluding carboxylic acids is 3. The molecule has 0 aliphatic heterocycles. The fourth-order valence-corrected chi connectivity index (χ4v) is 4.58. The van der Waals surface area contributed by atoms with Crippen LogP contribution in [0.15, 0.2) is 60.3 Å². The summed E-state index contributed by atoms with van der Waals surface area (Å²) in [7, 11) is 0. The standard InChI is InChI=1S/C25H22N2O3/c28-23(26-17-7-1-2-8-17)15-27-14-16(18-9-5-6-12-22(18)27)13-21-24(29)19-10-3-4-11-20(19)25(21)30/h3-6,9-14,17H,1-2,7-8,15H2,(H,26,28). The molecule has 1 saturated carbocycles. The van der Waals surface area contributed by atoms with Gasteiger partial charge >= 0.3 is 0 Å². The van der Waals surface area contributed by atoms with E-state index in [1.165, 1.54) is 12.8 Å². The zero-order valence-electron chi connectivity index (χ0n) is 16.6. The van der Waals surface area contributed by atoms with E-state index < -0.39 is 0 Å². The van der Waals surface area contributed by atoms with Gasteiger partial charge in [-0.25, -0.2) is 0 Å². The molecule has 1 fully saturated rings. The average Bonchev–Trinajstić information content (AvgIpc) is 3.44. The Balaban J connectivity index is 1.49. The highest BCUT2D eigenvalue weighted by molar-refractivity contribution is 6.41. The second-order valence-electron chi connectivity index (χ2n) is 8.04. The molecule has 0 radical (unpaired) electrons. The van der Waals surface area contributed by atoms with Crippen LogP contribution in [0.1, 0.15) is 52.0 Å². The second kappa shape index (κ2) is 7.41. The summed E-state index contributed by atoms with van der Waals surface area (Å²) < 4.78 is 1.89. The zero-order chi connectivity index (χ0) is 20.7. The number of para-hydroxylation sites is 1. The predicted octanol–water partition coefficient (Wildman–Crippen LogP) is 4.16. The topological polar surface area (TPSA) is 68.2 Å². The molecule has 0 saturated heterocycles. The highest BCUT2D eigenvalue weighted by atomic mass is 16.2. The number of Topliss-reactive ketones (excluding diaryl/α,β-unsaturated/α-hetero) is 2. The molecule has 1 heterocycles. The third kappa shape index (κ3) is 3.16.